The second kappa shape index (κ2) is 6.66. The lowest BCUT2D eigenvalue weighted by Crippen LogP contribution is -2.37. The van der Waals surface area contributed by atoms with Crippen LogP contribution < -0.4 is 0 Å². The normalized spacial score (nSPS) is 20.0. The molecule has 0 spiro atoms. The Morgan fingerprint density at radius 2 is 1.44 bits per heavy atom. The molecule has 3 aromatic carbocycles. The van der Waals surface area contributed by atoms with E-state index in [0.29, 0.717) is 0 Å². The molecule has 0 fully saturated rings. The zero-order valence-electron chi connectivity index (χ0n) is 14.3. The van der Waals surface area contributed by atoms with Crippen LogP contribution in [0.3, 0.4) is 0 Å². The van der Waals surface area contributed by atoms with E-state index in [1.165, 1.54) is 11.1 Å². The average Bonchev–Trinajstić information content (AvgIpc) is 2.67. The number of carbonyl (C=O) groups is 1. The molecule has 4 rings (SSSR count). The van der Waals surface area contributed by atoms with E-state index in [4.69, 9.17) is 0 Å². The highest BCUT2D eigenvalue weighted by Crippen LogP contribution is 2.43. The first-order valence-electron chi connectivity index (χ1n) is 8.68. The predicted octanol–water partition coefficient (Wildman–Crippen LogP) is 4.84. The summed E-state index contributed by atoms with van der Waals surface area (Å²) >= 11 is 0. The van der Waals surface area contributed by atoms with Crippen molar-refractivity contribution in [3.05, 3.63) is 107 Å². The Balaban J connectivity index is 1.86. The topological polar surface area (TPSA) is 20.3 Å². The summed E-state index contributed by atoms with van der Waals surface area (Å²) in [5.74, 6) is -0.00629. The highest BCUT2D eigenvalue weighted by Gasteiger charge is 2.38. The fourth-order valence-electron chi connectivity index (χ4n) is 3.94. The number of hydrogen-bond donors (Lipinski definition) is 0. The second-order valence-corrected chi connectivity index (χ2v) is 6.68. The second-order valence-electron chi connectivity index (χ2n) is 6.68. The Kier molecular flexibility index (Phi) is 4.21. The van der Waals surface area contributed by atoms with Crippen molar-refractivity contribution in [3.63, 3.8) is 0 Å². The molecule has 25 heavy (non-hydrogen) atoms. The maximum absolute atomic E-state index is 13.5. The fraction of sp³-hybridized carbons (Fsp3) is 0.174. The van der Waals surface area contributed by atoms with E-state index in [1.807, 2.05) is 54.6 Å². The Labute approximate surface area is 148 Å². The van der Waals surface area contributed by atoms with Gasteiger partial charge in [-0.05, 0) is 23.7 Å². The van der Waals surface area contributed by atoms with Gasteiger partial charge in [0.05, 0.1) is 5.92 Å². The van der Waals surface area contributed by atoms with E-state index < -0.39 is 0 Å². The molecular weight excluding hydrogens is 306 g/mol. The monoisotopic (exact) mass is 327 g/mol. The average molecular weight is 327 g/mol. The van der Waals surface area contributed by atoms with Crippen LogP contribution in [0, 0.1) is 0 Å². The van der Waals surface area contributed by atoms with Crippen LogP contribution in [-0.4, -0.2) is 17.7 Å². The summed E-state index contributed by atoms with van der Waals surface area (Å²) in [7, 11) is 2.11. The maximum atomic E-state index is 13.5. The molecule has 0 aliphatic carbocycles. The van der Waals surface area contributed by atoms with Crippen molar-refractivity contribution in [1.82, 2.24) is 4.90 Å². The molecule has 2 atom stereocenters. The summed E-state index contributed by atoms with van der Waals surface area (Å²) < 4.78 is 0. The van der Waals surface area contributed by atoms with Gasteiger partial charge in [0.1, 0.15) is 0 Å². The molecule has 2 nitrogen and oxygen atoms in total. The summed E-state index contributed by atoms with van der Waals surface area (Å²) in [6, 6.07) is 28.4. The zero-order valence-corrected chi connectivity index (χ0v) is 14.3. The number of likely N-dealkylation sites (N-methyl/N-ethyl adjacent to an activating group) is 1. The number of nitrogens with zero attached hydrogens (tertiary/aromatic N) is 1. The molecule has 1 aliphatic heterocycles. The van der Waals surface area contributed by atoms with Gasteiger partial charge in [-0.25, -0.2) is 0 Å². The third-order valence-electron chi connectivity index (χ3n) is 5.08. The Hall–Kier alpha value is -2.71. The molecule has 3 aromatic rings. The van der Waals surface area contributed by atoms with Gasteiger partial charge < -0.3 is 0 Å². The highest BCUT2D eigenvalue weighted by molar-refractivity contribution is 6.02. The number of benzene rings is 3. The first-order chi connectivity index (χ1) is 12.3. The van der Waals surface area contributed by atoms with E-state index in [0.717, 1.165) is 17.7 Å². The van der Waals surface area contributed by atoms with Crippen molar-refractivity contribution in [3.8, 4) is 0 Å². The van der Waals surface area contributed by atoms with Gasteiger partial charge in [-0.2, -0.15) is 0 Å². The van der Waals surface area contributed by atoms with Crippen LogP contribution in [0.15, 0.2) is 84.9 Å². The van der Waals surface area contributed by atoms with Gasteiger partial charge in [0.2, 0.25) is 0 Å². The van der Waals surface area contributed by atoms with Crippen LogP contribution in [0.4, 0.5) is 0 Å². The summed E-state index contributed by atoms with van der Waals surface area (Å²) in [6.45, 7) is 0.855. The number of ketones is 1. The van der Waals surface area contributed by atoms with Gasteiger partial charge in [0.15, 0.2) is 5.78 Å². The lowest BCUT2D eigenvalue weighted by Gasteiger charge is -2.40. The van der Waals surface area contributed by atoms with Crippen LogP contribution in [0.1, 0.15) is 39.0 Å². The quantitative estimate of drug-likeness (QED) is 0.642. The minimum Gasteiger partial charge on any atom is -0.294 e. The van der Waals surface area contributed by atoms with E-state index in [2.05, 4.69) is 42.3 Å². The molecule has 1 heterocycles. The molecule has 2 heteroatoms. The standard InChI is InChI=1S/C23H21NO/c1-24-16-19-14-8-9-15-20(19)21(22(24)17-10-4-2-5-11-17)23(25)18-12-6-3-7-13-18/h2-15,21-22H,16H2,1H3/t21-,22+/m0/s1. The molecular formula is C23H21NO. The molecule has 0 N–H and O–H groups in total. The molecule has 0 saturated heterocycles. The number of hydrogen-bond acceptors (Lipinski definition) is 2. The first kappa shape index (κ1) is 15.8. The van der Waals surface area contributed by atoms with Gasteiger partial charge >= 0.3 is 0 Å². The van der Waals surface area contributed by atoms with E-state index in [9.17, 15) is 4.79 Å². The number of fused-ring (bicyclic) bond motifs is 1. The first-order valence-corrected chi connectivity index (χ1v) is 8.68. The van der Waals surface area contributed by atoms with Gasteiger partial charge in [0, 0.05) is 18.2 Å². The van der Waals surface area contributed by atoms with Gasteiger partial charge in [-0.1, -0.05) is 84.9 Å². The summed E-state index contributed by atoms with van der Waals surface area (Å²) in [5, 5.41) is 0. The molecule has 1 aliphatic rings. The van der Waals surface area contributed by atoms with Crippen molar-refractivity contribution in [2.24, 2.45) is 0 Å². The zero-order chi connectivity index (χ0) is 17.2. The van der Waals surface area contributed by atoms with Crippen molar-refractivity contribution in [1.29, 1.82) is 0 Å². The molecule has 0 unspecified atom stereocenters. The Morgan fingerprint density at radius 1 is 0.840 bits per heavy atom. The van der Waals surface area contributed by atoms with Gasteiger partial charge in [-0.3, -0.25) is 9.69 Å². The Morgan fingerprint density at radius 3 is 2.16 bits per heavy atom. The van der Waals surface area contributed by atoms with E-state index in [1.54, 1.807) is 0 Å². The lowest BCUT2D eigenvalue weighted by molar-refractivity contribution is 0.0861. The van der Waals surface area contributed by atoms with Crippen molar-refractivity contribution < 1.29 is 4.79 Å². The Bertz CT molecular complexity index is 873. The fourth-order valence-corrected chi connectivity index (χ4v) is 3.94. The number of carbonyl (C=O) groups excluding carboxylic acids is 1. The van der Waals surface area contributed by atoms with E-state index >= 15 is 0 Å². The van der Waals surface area contributed by atoms with Crippen LogP contribution in [-0.2, 0) is 6.54 Å². The van der Waals surface area contributed by atoms with Crippen molar-refractivity contribution in [2.45, 2.75) is 18.5 Å². The van der Waals surface area contributed by atoms with Crippen LogP contribution >= 0.6 is 0 Å². The van der Waals surface area contributed by atoms with Crippen molar-refractivity contribution in [2.75, 3.05) is 7.05 Å². The maximum Gasteiger partial charge on any atom is 0.172 e. The SMILES string of the molecule is CN1Cc2ccccc2[C@H](C(=O)c2ccccc2)[C@H]1c1ccccc1. The number of rotatable bonds is 3. The minimum atomic E-state index is -0.195. The molecule has 124 valence electrons. The summed E-state index contributed by atoms with van der Waals surface area (Å²) in [6.07, 6.45) is 0. The van der Waals surface area contributed by atoms with E-state index in [-0.39, 0.29) is 17.7 Å². The lowest BCUT2D eigenvalue weighted by atomic mass is 9.76. The predicted molar refractivity (Wildman–Crippen MR) is 101 cm³/mol. The van der Waals surface area contributed by atoms with Crippen LogP contribution in [0.25, 0.3) is 0 Å². The molecule has 0 saturated carbocycles. The summed E-state index contributed by atoms with van der Waals surface area (Å²) in [4.78, 5) is 15.8. The van der Waals surface area contributed by atoms with Crippen LogP contribution in [0.5, 0.6) is 0 Å². The smallest absolute Gasteiger partial charge is 0.172 e. The molecule has 0 radical (unpaired) electrons. The molecule has 0 aromatic heterocycles. The van der Waals surface area contributed by atoms with Crippen LogP contribution in [0.2, 0.25) is 0 Å². The van der Waals surface area contributed by atoms with Crippen molar-refractivity contribution >= 4 is 5.78 Å². The molecule has 0 amide bonds. The third kappa shape index (κ3) is 2.90. The highest BCUT2D eigenvalue weighted by atomic mass is 16.1. The van der Waals surface area contributed by atoms with Gasteiger partial charge in [0.25, 0.3) is 0 Å². The summed E-state index contributed by atoms with van der Waals surface area (Å²) in [5.41, 5.74) is 4.36. The molecule has 0 bridgehead atoms. The van der Waals surface area contributed by atoms with Gasteiger partial charge in [-0.15, -0.1) is 0 Å². The minimum absolute atomic E-state index is 0.0452. The largest absolute Gasteiger partial charge is 0.294 e. The number of Topliss-reactive ketones (excluding diaryl/α,β-unsaturated/α-hetero) is 1. The third-order valence-corrected chi connectivity index (χ3v) is 5.08.